The van der Waals surface area contributed by atoms with Gasteiger partial charge in [-0.3, -0.25) is 5.84 Å². The van der Waals surface area contributed by atoms with Gasteiger partial charge < -0.3 is 9.47 Å². The Kier molecular flexibility index (Phi) is 5.47. The van der Waals surface area contributed by atoms with E-state index in [1.807, 2.05) is 32.1 Å². The molecular formula is C13H19ClN2O2. The Balaban J connectivity index is 3.25. The maximum absolute atomic E-state index is 6.16. The van der Waals surface area contributed by atoms with Crippen molar-refractivity contribution in [2.45, 2.75) is 19.9 Å². The van der Waals surface area contributed by atoms with Crippen LogP contribution in [0.1, 0.15) is 25.5 Å². The minimum atomic E-state index is -0.118. The van der Waals surface area contributed by atoms with E-state index in [1.165, 1.54) is 0 Å². The van der Waals surface area contributed by atoms with Crippen LogP contribution in [0.2, 0.25) is 5.02 Å². The van der Waals surface area contributed by atoms with E-state index in [4.69, 9.17) is 26.9 Å². The van der Waals surface area contributed by atoms with Crippen molar-refractivity contribution in [3.8, 4) is 11.5 Å². The van der Waals surface area contributed by atoms with Crippen molar-refractivity contribution in [3.05, 3.63) is 34.4 Å². The van der Waals surface area contributed by atoms with Crippen LogP contribution >= 0.6 is 11.6 Å². The molecule has 0 saturated heterocycles. The third-order valence-corrected chi connectivity index (χ3v) is 2.78. The number of rotatable bonds is 5. The van der Waals surface area contributed by atoms with Gasteiger partial charge in [0.15, 0.2) is 11.5 Å². The normalized spacial score (nSPS) is 11.9. The summed E-state index contributed by atoms with van der Waals surface area (Å²) in [7, 11) is 3.13. The number of allylic oxidation sites excluding steroid dienone is 1. The van der Waals surface area contributed by atoms with Gasteiger partial charge in [-0.1, -0.05) is 23.3 Å². The summed E-state index contributed by atoms with van der Waals surface area (Å²) in [6.45, 7) is 4.01. The lowest BCUT2D eigenvalue weighted by Gasteiger charge is -2.17. The molecule has 0 aliphatic carbocycles. The number of hydrogen-bond acceptors (Lipinski definition) is 4. The van der Waals surface area contributed by atoms with E-state index in [9.17, 15) is 0 Å². The summed E-state index contributed by atoms with van der Waals surface area (Å²) in [5.74, 6) is 6.67. The van der Waals surface area contributed by atoms with Gasteiger partial charge in [0.2, 0.25) is 0 Å². The molecule has 0 aromatic heterocycles. The van der Waals surface area contributed by atoms with Crippen LogP contribution in [0.4, 0.5) is 0 Å². The molecule has 4 nitrogen and oxygen atoms in total. The summed E-state index contributed by atoms with van der Waals surface area (Å²) in [6.07, 6.45) is 2.01. The molecule has 0 aliphatic rings. The fraction of sp³-hybridized carbons (Fsp3) is 0.385. The number of hydrogen-bond donors (Lipinski definition) is 2. The summed E-state index contributed by atoms with van der Waals surface area (Å²) in [5.41, 5.74) is 4.81. The van der Waals surface area contributed by atoms with Crippen LogP contribution in [0.5, 0.6) is 11.5 Å². The maximum atomic E-state index is 6.16. The third kappa shape index (κ3) is 3.38. The van der Waals surface area contributed by atoms with E-state index in [0.29, 0.717) is 16.5 Å². The summed E-state index contributed by atoms with van der Waals surface area (Å²) in [6, 6.07) is 3.55. The van der Waals surface area contributed by atoms with Gasteiger partial charge in [0, 0.05) is 0 Å². The van der Waals surface area contributed by atoms with Crippen LogP contribution in [0.15, 0.2) is 23.8 Å². The number of halogens is 1. The van der Waals surface area contributed by atoms with Crippen molar-refractivity contribution in [2.24, 2.45) is 5.84 Å². The Morgan fingerprint density at radius 2 is 2.00 bits per heavy atom. The zero-order valence-electron chi connectivity index (χ0n) is 11.1. The lowest BCUT2D eigenvalue weighted by atomic mass is 10.0. The van der Waals surface area contributed by atoms with Crippen molar-refractivity contribution >= 4 is 11.6 Å². The molecule has 0 amide bonds. The highest BCUT2D eigenvalue weighted by Gasteiger charge is 2.15. The van der Waals surface area contributed by atoms with Gasteiger partial charge in [0.05, 0.1) is 25.3 Å². The second-order valence-corrected chi connectivity index (χ2v) is 4.53. The molecule has 0 spiro atoms. The predicted octanol–water partition coefficient (Wildman–Crippen LogP) is 2.83. The molecule has 0 aliphatic heterocycles. The lowest BCUT2D eigenvalue weighted by molar-refractivity contribution is 0.354. The molecule has 1 aromatic rings. The van der Waals surface area contributed by atoms with E-state index < -0.39 is 0 Å². The van der Waals surface area contributed by atoms with E-state index in [2.05, 4.69) is 5.43 Å². The van der Waals surface area contributed by atoms with Crippen LogP contribution in [0.25, 0.3) is 0 Å². The Labute approximate surface area is 113 Å². The molecular weight excluding hydrogens is 252 g/mol. The Hall–Kier alpha value is -1.23. The Morgan fingerprint density at radius 3 is 2.44 bits per heavy atom. The highest BCUT2D eigenvalue weighted by Crippen LogP contribution is 2.37. The number of nitrogens with two attached hydrogens (primary N) is 1. The molecule has 1 rings (SSSR count). The maximum Gasteiger partial charge on any atom is 0.179 e. The van der Waals surface area contributed by atoms with Gasteiger partial charge in [0.1, 0.15) is 0 Å². The van der Waals surface area contributed by atoms with Crippen LogP contribution in [-0.4, -0.2) is 14.2 Å². The van der Waals surface area contributed by atoms with Crippen molar-refractivity contribution in [3.63, 3.8) is 0 Å². The monoisotopic (exact) mass is 270 g/mol. The molecule has 1 aromatic carbocycles. The molecule has 0 fully saturated rings. The van der Waals surface area contributed by atoms with Gasteiger partial charge in [-0.2, -0.15) is 0 Å². The number of ether oxygens (including phenoxy) is 2. The minimum Gasteiger partial charge on any atom is -0.493 e. The van der Waals surface area contributed by atoms with Crippen molar-refractivity contribution in [2.75, 3.05) is 14.2 Å². The Bertz CT molecular complexity index is 443. The first-order valence-corrected chi connectivity index (χ1v) is 5.93. The SMILES string of the molecule is COc1cc(C(C=C(C)C)NN)cc(Cl)c1OC. The van der Waals surface area contributed by atoms with Crippen LogP contribution in [0.3, 0.4) is 0 Å². The largest absolute Gasteiger partial charge is 0.493 e. The second kappa shape index (κ2) is 6.64. The standard InChI is InChI=1S/C13H19ClN2O2/c1-8(2)5-11(16-15)9-6-10(14)13(18-4)12(7-9)17-3/h5-7,11,16H,15H2,1-4H3. The number of methoxy groups -OCH3 is 2. The van der Waals surface area contributed by atoms with Gasteiger partial charge >= 0.3 is 0 Å². The predicted molar refractivity (Wildman–Crippen MR) is 74.1 cm³/mol. The van der Waals surface area contributed by atoms with Crippen molar-refractivity contribution in [1.82, 2.24) is 5.43 Å². The molecule has 0 bridgehead atoms. The molecule has 0 radical (unpaired) electrons. The fourth-order valence-corrected chi connectivity index (χ4v) is 1.99. The van der Waals surface area contributed by atoms with Crippen LogP contribution in [0, 0.1) is 0 Å². The molecule has 0 heterocycles. The highest BCUT2D eigenvalue weighted by molar-refractivity contribution is 6.32. The topological polar surface area (TPSA) is 56.5 Å². The van der Waals surface area contributed by atoms with E-state index in [1.54, 1.807) is 14.2 Å². The van der Waals surface area contributed by atoms with E-state index in [-0.39, 0.29) is 6.04 Å². The number of nitrogens with one attached hydrogen (secondary N) is 1. The van der Waals surface area contributed by atoms with Crippen LogP contribution < -0.4 is 20.7 Å². The molecule has 18 heavy (non-hydrogen) atoms. The zero-order chi connectivity index (χ0) is 13.7. The third-order valence-electron chi connectivity index (χ3n) is 2.49. The van der Waals surface area contributed by atoms with Gasteiger partial charge in [-0.15, -0.1) is 0 Å². The molecule has 5 heteroatoms. The summed E-state index contributed by atoms with van der Waals surface area (Å²) in [5, 5.41) is 0.495. The second-order valence-electron chi connectivity index (χ2n) is 4.13. The lowest BCUT2D eigenvalue weighted by Crippen LogP contribution is -2.26. The summed E-state index contributed by atoms with van der Waals surface area (Å²) >= 11 is 6.16. The number of benzene rings is 1. The minimum absolute atomic E-state index is 0.118. The molecule has 100 valence electrons. The highest BCUT2D eigenvalue weighted by atomic mass is 35.5. The van der Waals surface area contributed by atoms with Gasteiger partial charge in [0.25, 0.3) is 0 Å². The smallest absolute Gasteiger partial charge is 0.179 e. The van der Waals surface area contributed by atoms with E-state index in [0.717, 1.165) is 11.1 Å². The van der Waals surface area contributed by atoms with Crippen molar-refractivity contribution < 1.29 is 9.47 Å². The van der Waals surface area contributed by atoms with E-state index >= 15 is 0 Å². The fourth-order valence-electron chi connectivity index (χ4n) is 1.69. The first kappa shape index (κ1) is 14.8. The average molecular weight is 271 g/mol. The average Bonchev–Trinajstić information content (AvgIpc) is 2.34. The number of hydrazine groups is 1. The van der Waals surface area contributed by atoms with Crippen molar-refractivity contribution in [1.29, 1.82) is 0 Å². The molecule has 1 atom stereocenters. The molecule has 3 N–H and O–H groups in total. The summed E-state index contributed by atoms with van der Waals surface area (Å²) < 4.78 is 10.5. The van der Waals surface area contributed by atoms with Gasteiger partial charge in [-0.25, -0.2) is 5.43 Å². The van der Waals surface area contributed by atoms with Crippen LogP contribution in [-0.2, 0) is 0 Å². The first-order valence-electron chi connectivity index (χ1n) is 5.56. The quantitative estimate of drug-likeness (QED) is 0.491. The zero-order valence-corrected chi connectivity index (χ0v) is 11.8. The Morgan fingerprint density at radius 1 is 1.33 bits per heavy atom. The summed E-state index contributed by atoms with van der Waals surface area (Å²) in [4.78, 5) is 0. The first-order chi connectivity index (χ1) is 8.53. The van der Waals surface area contributed by atoms with Gasteiger partial charge in [-0.05, 0) is 31.5 Å². The molecule has 1 unspecified atom stereocenters. The molecule has 0 saturated carbocycles.